The zero-order valence-corrected chi connectivity index (χ0v) is 11.9. The lowest BCUT2D eigenvalue weighted by atomic mass is 10.0. The molecule has 0 atom stereocenters. The molecule has 1 heterocycles. The minimum Gasteiger partial charge on any atom is -0.491 e. The minimum atomic E-state index is 0.204. The fraction of sp³-hybridized carbons (Fsp3) is 0.333. The molecule has 0 aliphatic rings. The van der Waals surface area contributed by atoms with Crippen LogP contribution in [-0.2, 0) is 6.54 Å². The summed E-state index contributed by atoms with van der Waals surface area (Å²) < 4.78 is 5.75. The summed E-state index contributed by atoms with van der Waals surface area (Å²) in [5.74, 6) is 0.957. The average molecular weight is 261 g/mol. The molecule has 0 aliphatic carbocycles. The van der Waals surface area contributed by atoms with Crippen molar-refractivity contribution in [1.82, 2.24) is 0 Å². The number of nitrogens with two attached hydrogens (primary N) is 1. The topological polar surface area (TPSA) is 35.2 Å². The molecule has 18 heavy (non-hydrogen) atoms. The number of benzene rings is 1. The fourth-order valence-corrected chi connectivity index (χ4v) is 2.82. The van der Waals surface area contributed by atoms with Crippen LogP contribution in [-0.4, -0.2) is 6.10 Å². The maximum absolute atomic E-state index is 5.75. The Hall–Kier alpha value is -1.32. The van der Waals surface area contributed by atoms with Gasteiger partial charge < -0.3 is 10.5 Å². The van der Waals surface area contributed by atoms with E-state index >= 15 is 0 Å². The van der Waals surface area contributed by atoms with Gasteiger partial charge in [-0.15, -0.1) is 0 Å². The molecule has 2 N–H and O–H groups in total. The zero-order valence-electron chi connectivity index (χ0n) is 11.1. The highest BCUT2D eigenvalue weighted by Gasteiger charge is 2.08. The van der Waals surface area contributed by atoms with Crippen molar-refractivity contribution in [2.75, 3.05) is 0 Å². The molecule has 0 bridgehead atoms. The van der Waals surface area contributed by atoms with E-state index in [4.69, 9.17) is 10.5 Å². The first-order chi connectivity index (χ1) is 8.61. The summed E-state index contributed by atoms with van der Waals surface area (Å²) in [6.45, 7) is 6.75. The third-order valence-electron chi connectivity index (χ3n) is 2.81. The highest BCUT2D eigenvalue weighted by molar-refractivity contribution is 7.08. The van der Waals surface area contributed by atoms with Gasteiger partial charge in [0.15, 0.2) is 0 Å². The number of rotatable bonds is 4. The Morgan fingerprint density at radius 1 is 1.28 bits per heavy atom. The van der Waals surface area contributed by atoms with Crippen LogP contribution in [0.4, 0.5) is 0 Å². The molecule has 0 amide bonds. The predicted molar refractivity (Wildman–Crippen MR) is 78.1 cm³/mol. The standard InChI is InChI=1S/C15H19NOS/c1-10(2)17-15-5-4-12(6-11(15)3)14-9-18-8-13(14)7-16/h4-6,8-10H,7,16H2,1-3H3. The zero-order chi connectivity index (χ0) is 13.1. The lowest BCUT2D eigenvalue weighted by Crippen LogP contribution is -2.06. The van der Waals surface area contributed by atoms with E-state index in [1.165, 1.54) is 16.7 Å². The summed E-state index contributed by atoms with van der Waals surface area (Å²) in [6.07, 6.45) is 0.204. The van der Waals surface area contributed by atoms with Crippen molar-refractivity contribution in [1.29, 1.82) is 0 Å². The van der Waals surface area contributed by atoms with E-state index in [0.717, 1.165) is 11.3 Å². The highest BCUT2D eigenvalue weighted by atomic mass is 32.1. The molecule has 0 radical (unpaired) electrons. The molecule has 0 saturated carbocycles. The predicted octanol–water partition coefficient (Wildman–Crippen LogP) is 3.97. The molecule has 2 nitrogen and oxygen atoms in total. The van der Waals surface area contributed by atoms with E-state index in [1.807, 2.05) is 19.9 Å². The second kappa shape index (κ2) is 5.55. The van der Waals surface area contributed by atoms with Gasteiger partial charge in [0.25, 0.3) is 0 Å². The normalized spacial score (nSPS) is 10.9. The van der Waals surface area contributed by atoms with Gasteiger partial charge >= 0.3 is 0 Å². The van der Waals surface area contributed by atoms with Gasteiger partial charge in [0, 0.05) is 6.54 Å². The van der Waals surface area contributed by atoms with E-state index in [-0.39, 0.29) is 6.10 Å². The number of hydrogen-bond donors (Lipinski definition) is 1. The highest BCUT2D eigenvalue weighted by Crippen LogP contribution is 2.31. The van der Waals surface area contributed by atoms with Crippen LogP contribution >= 0.6 is 11.3 Å². The number of aryl methyl sites for hydroxylation is 1. The van der Waals surface area contributed by atoms with E-state index in [2.05, 4.69) is 29.8 Å². The second-order valence-electron chi connectivity index (χ2n) is 4.66. The van der Waals surface area contributed by atoms with E-state index in [9.17, 15) is 0 Å². The van der Waals surface area contributed by atoms with Gasteiger partial charge in [-0.25, -0.2) is 0 Å². The van der Waals surface area contributed by atoms with Gasteiger partial charge in [0.2, 0.25) is 0 Å². The summed E-state index contributed by atoms with van der Waals surface area (Å²) >= 11 is 1.70. The van der Waals surface area contributed by atoms with Crippen LogP contribution in [0.25, 0.3) is 11.1 Å². The molecule has 1 aromatic carbocycles. The van der Waals surface area contributed by atoms with Crippen molar-refractivity contribution in [2.45, 2.75) is 33.4 Å². The Balaban J connectivity index is 2.34. The molecule has 2 rings (SSSR count). The fourth-order valence-electron chi connectivity index (χ4n) is 1.94. The Morgan fingerprint density at radius 3 is 2.67 bits per heavy atom. The van der Waals surface area contributed by atoms with Gasteiger partial charge in [-0.05, 0) is 65.9 Å². The maximum Gasteiger partial charge on any atom is 0.122 e. The molecular formula is C15H19NOS. The third-order valence-corrected chi connectivity index (χ3v) is 3.60. The lowest BCUT2D eigenvalue weighted by Gasteiger charge is -2.13. The van der Waals surface area contributed by atoms with Crippen molar-refractivity contribution in [3.8, 4) is 16.9 Å². The van der Waals surface area contributed by atoms with Crippen LogP contribution in [0.15, 0.2) is 29.0 Å². The number of hydrogen-bond acceptors (Lipinski definition) is 3. The lowest BCUT2D eigenvalue weighted by molar-refractivity contribution is 0.241. The Bertz CT molecular complexity index is 531. The van der Waals surface area contributed by atoms with Crippen LogP contribution in [0, 0.1) is 6.92 Å². The van der Waals surface area contributed by atoms with Gasteiger partial charge in [-0.2, -0.15) is 11.3 Å². The SMILES string of the molecule is Cc1cc(-c2cscc2CN)ccc1OC(C)C. The van der Waals surface area contributed by atoms with Crippen LogP contribution in [0.3, 0.4) is 0 Å². The quantitative estimate of drug-likeness (QED) is 0.903. The minimum absolute atomic E-state index is 0.204. The molecule has 2 aromatic rings. The molecule has 3 heteroatoms. The number of ether oxygens (including phenoxy) is 1. The molecule has 1 aromatic heterocycles. The molecule has 0 aliphatic heterocycles. The summed E-state index contributed by atoms with van der Waals surface area (Å²) in [6, 6.07) is 6.31. The summed E-state index contributed by atoms with van der Waals surface area (Å²) in [7, 11) is 0. The molecule has 0 fully saturated rings. The van der Waals surface area contributed by atoms with E-state index in [1.54, 1.807) is 11.3 Å². The van der Waals surface area contributed by atoms with E-state index in [0.29, 0.717) is 6.54 Å². The third kappa shape index (κ3) is 2.74. The first kappa shape index (κ1) is 13.1. The summed E-state index contributed by atoms with van der Waals surface area (Å²) in [5, 5.41) is 4.27. The van der Waals surface area contributed by atoms with Crippen molar-refractivity contribution in [3.63, 3.8) is 0 Å². The van der Waals surface area contributed by atoms with Gasteiger partial charge in [-0.3, -0.25) is 0 Å². The van der Waals surface area contributed by atoms with Gasteiger partial charge in [0.1, 0.15) is 5.75 Å². The maximum atomic E-state index is 5.75. The number of thiophene rings is 1. The van der Waals surface area contributed by atoms with Crippen LogP contribution in [0.5, 0.6) is 5.75 Å². The molecule has 96 valence electrons. The van der Waals surface area contributed by atoms with Crippen LogP contribution < -0.4 is 10.5 Å². The first-order valence-electron chi connectivity index (χ1n) is 6.14. The summed E-state index contributed by atoms with van der Waals surface area (Å²) in [4.78, 5) is 0. The largest absolute Gasteiger partial charge is 0.491 e. The molecule has 0 unspecified atom stereocenters. The van der Waals surface area contributed by atoms with Crippen molar-refractivity contribution in [3.05, 3.63) is 40.1 Å². The second-order valence-corrected chi connectivity index (χ2v) is 5.41. The Kier molecular flexibility index (Phi) is 4.04. The Morgan fingerprint density at radius 2 is 2.06 bits per heavy atom. The molecular weight excluding hydrogens is 242 g/mol. The monoisotopic (exact) mass is 261 g/mol. The van der Waals surface area contributed by atoms with Gasteiger partial charge in [0.05, 0.1) is 6.10 Å². The first-order valence-corrected chi connectivity index (χ1v) is 7.09. The van der Waals surface area contributed by atoms with Crippen molar-refractivity contribution in [2.24, 2.45) is 5.73 Å². The molecule has 0 saturated heterocycles. The van der Waals surface area contributed by atoms with Crippen molar-refractivity contribution >= 4 is 11.3 Å². The summed E-state index contributed by atoms with van der Waals surface area (Å²) in [5.41, 5.74) is 10.6. The molecule has 0 spiro atoms. The van der Waals surface area contributed by atoms with Crippen molar-refractivity contribution < 1.29 is 4.74 Å². The van der Waals surface area contributed by atoms with Gasteiger partial charge in [-0.1, -0.05) is 6.07 Å². The average Bonchev–Trinajstić information content (AvgIpc) is 2.79. The van der Waals surface area contributed by atoms with Crippen LogP contribution in [0.2, 0.25) is 0 Å². The smallest absolute Gasteiger partial charge is 0.122 e. The van der Waals surface area contributed by atoms with Crippen LogP contribution in [0.1, 0.15) is 25.0 Å². The van der Waals surface area contributed by atoms with E-state index < -0.39 is 0 Å². The Labute approximate surface area is 112 Å².